The Morgan fingerprint density at radius 1 is 0.913 bits per heavy atom. The third-order valence-corrected chi connectivity index (χ3v) is 4.53. The second-order valence-corrected chi connectivity index (χ2v) is 6.47. The molecule has 0 unspecified atom stereocenters. The molecule has 0 spiro atoms. The summed E-state index contributed by atoms with van der Waals surface area (Å²) in [4.78, 5) is 2.44. The molecule has 5 heteroatoms. The second kappa shape index (κ2) is 7.82. The Balaban J connectivity index is 1.50. The summed E-state index contributed by atoms with van der Waals surface area (Å²) < 4.78 is 0. The molecular weight excluding hydrogens is 329 g/mol. The first-order valence-electron chi connectivity index (χ1n) is 7.71. The summed E-state index contributed by atoms with van der Waals surface area (Å²) in [6, 6.07) is 15.8. The second-order valence-electron chi connectivity index (χ2n) is 5.62. The van der Waals surface area contributed by atoms with Crippen LogP contribution in [0.15, 0.2) is 53.6 Å². The number of halogens is 2. The molecule has 1 fully saturated rings. The highest BCUT2D eigenvalue weighted by molar-refractivity contribution is 6.33. The number of benzene rings is 2. The van der Waals surface area contributed by atoms with Crippen molar-refractivity contribution in [2.45, 2.75) is 6.54 Å². The van der Waals surface area contributed by atoms with Crippen LogP contribution in [0.4, 0.5) is 0 Å². The van der Waals surface area contributed by atoms with Crippen molar-refractivity contribution in [2.24, 2.45) is 5.10 Å². The van der Waals surface area contributed by atoms with E-state index in [0.29, 0.717) is 0 Å². The molecule has 1 saturated heterocycles. The van der Waals surface area contributed by atoms with Gasteiger partial charge in [-0.15, -0.1) is 0 Å². The highest BCUT2D eigenvalue weighted by Crippen LogP contribution is 2.14. The lowest BCUT2D eigenvalue weighted by Crippen LogP contribution is -2.43. The lowest BCUT2D eigenvalue weighted by Gasteiger charge is -2.33. The summed E-state index contributed by atoms with van der Waals surface area (Å²) in [6.07, 6.45) is 1.84. The summed E-state index contributed by atoms with van der Waals surface area (Å²) in [5, 5.41) is 8.16. The third kappa shape index (κ3) is 4.71. The molecule has 1 aliphatic heterocycles. The average Bonchev–Trinajstić information content (AvgIpc) is 2.58. The van der Waals surface area contributed by atoms with Gasteiger partial charge in [-0.1, -0.05) is 53.5 Å². The van der Waals surface area contributed by atoms with E-state index < -0.39 is 0 Å². The molecule has 120 valence electrons. The van der Waals surface area contributed by atoms with E-state index in [-0.39, 0.29) is 0 Å². The van der Waals surface area contributed by atoms with Gasteiger partial charge >= 0.3 is 0 Å². The maximum absolute atomic E-state index is 6.14. The SMILES string of the molecule is Clc1ccc(CN2CCN(/N=C\c3ccccc3Cl)CC2)cc1. The molecule has 1 heterocycles. The quantitative estimate of drug-likeness (QED) is 0.773. The van der Waals surface area contributed by atoms with E-state index in [4.69, 9.17) is 23.2 Å². The predicted octanol–water partition coefficient (Wildman–Crippen LogP) is 4.15. The Bertz CT molecular complexity index is 662. The van der Waals surface area contributed by atoms with Crippen LogP contribution < -0.4 is 0 Å². The fourth-order valence-electron chi connectivity index (χ4n) is 2.58. The number of hydrazone groups is 1. The molecule has 23 heavy (non-hydrogen) atoms. The molecule has 0 amide bonds. The third-order valence-electron chi connectivity index (χ3n) is 3.93. The van der Waals surface area contributed by atoms with Crippen molar-refractivity contribution in [2.75, 3.05) is 26.2 Å². The van der Waals surface area contributed by atoms with Crippen LogP contribution in [0.2, 0.25) is 10.0 Å². The smallest absolute Gasteiger partial charge is 0.0557 e. The monoisotopic (exact) mass is 347 g/mol. The van der Waals surface area contributed by atoms with E-state index in [9.17, 15) is 0 Å². The van der Waals surface area contributed by atoms with Crippen molar-refractivity contribution in [3.05, 3.63) is 69.7 Å². The van der Waals surface area contributed by atoms with E-state index in [1.54, 1.807) is 0 Å². The van der Waals surface area contributed by atoms with Gasteiger partial charge in [0.2, 0.25) is 0 Å². The first kappa shape index (κ1) is 16.3. The minimum Gasteiger partial charge on any atom is -0.295 e. The highest BCUT2D eigenvalue weighted by Gasteiger charge is 2.15. The van der Waals surface area contributed by atoms with Gasteiger partial charge < -0.3 is 0 Å². The fraction of sp³-hybridized carbons (Fsp3) is 0.278. The van der Waals surface area contributed by atoms with E-state index in [0.717, 1.165) is 48.3 Å². The zero-order valence-electron chi connectivity index (χ0n) is 12.8. The maximum atomic E-state index is 6.14. The van der Waals surface area contributed by atoms with Gasteiger partial charge in [-0.05, 0) is 23.8 Å². The topological polar surface area (TPSA) is 18.8 Å². The van der Waals surface area contributed by atoms with E-state index in [1.807, 2.05) is 42.6 Å². The van der Waals surface area contributed by atoms with Crippen LogP contribution in [0.25, 0.3) is 0 Å². The van der Waals surface area contributed by atoms with Gasteiger partial charge in [0.15, 0.2) is 0 Å². The first-order chi connectivity index (χ1) is 11.2. The van der Waals surface area contributed by atoms with Crippen molar-refractivity contribution < 1.29 is 0 Å². The van der Waals surface area contributed by atoms with Crippen LogP contribution in [0.1, 0.15) is 11.1 Å². The van der Waals surface area contributed by atoms with E-state index in [2.05, 4.69) is 27.1 Å². The first-order valence-corrected chi connectivity index (χ1v) is 8.46. The van der Waals surface area contributed by atoms with Crippen LogP contribution in [0.3, 0.4) is 0 Å². The average molecular weight is 348 g/mol. The van der Waals surface area contributed by atoms with Gasteiger partial charge in [-0.25, -0.2) is 0 Å². The van der Waals surface area contributed by atoms with Crippen molar-refractivity contribution in [1.29, 1.82) is 0 Å². The minimum atomic E-state index is 0.734. The molecule has 2 aromatic carbocycles. The Kier molecular flexibility index (Phi) is 5.55. The fourth-order valence-corrected chi connectivity index (χ4v) is 2.89. The summed E-state index contributed by atoms with van der Waals surface area (Å²) in [5.74, 6) is 0. The Morgan fingerprint density at radius 2 is 1.61 bits per heavy atom. The van der Waals surface area contributed by atoms with Gasteiger partial charge in [0, 0.05) is 48.3 Å². The van der Waals surface area contributed by atoms with Crippen LogP contribution in [0.5, 0.6) is 0 Å². The van der Waals surface area contributed by atoms with Gasteiger partial charge in [0.05, 0.1) is 6.21 Å². The standard InChI is InChI=1S/C18H19Cl2N3/c19-17-7-5-15(6-8-17)14-22-9-11-23(12-10-22)21-13-16-3-1-2-4-18(16)20/h1-8,13H,9-12,14H2/b21-13-. The Hall–Kier alpha value is -1.55. The molecule has 0 saturated carbocycles. The lowest BCUT2D eigenvalue weighted by atomic mass is 10.2. The number of rotatable bonds is 4. The van der Waals surface area contributed by atoms with Crippen molar-refractivity contribution >= 4 is 29.4 Å². The number of piperazine rings is 1. The minimum absolute atomic E-state index is 0.734. The molecular formula is C18H19Cl2N3. The van der Waals surface area contributed by atoms with Crippen molar-refractivity contribution in [1.82, 2.24) is 9.91 Å². The molecule has 3 nitrogen and oxygen atoms in total. The van der Waals surface area contributed by atoms with Gasteiger partial charge in [-0.2, -0.15) is 5.10 Å². The van der Waals surface area contributed by atoms with E-state index in [1.165, 1.54) is 5.56 Å². The van der Waals surface area contributed by atoms with Crippen LogP contribution >= 0.6 is 23.2 Å². The summed E-state index contributed by atoms with van der Waals surface area (Å²) in [5.41, 5.74) is 2.25. The zero-order chi connectivity index (χ0) is 16.1. The Labute approximate surface area is 147 Å². The lowest BCUT2D eigenvalue weighted by molar-refractivity contribution is 0.131. The number of hydrogen-bond donors (Lipinski definition) is 0. The molecule has 0 aliphatic carbocycles. The normalized spacial score (nSPS) is 16.2. The molecule has 0 bridgehead atoms. The molecule has 0 atom stereocenters. The number of nitrogens with zero attached hydrogens (tertiary/aromatic N) is 3. The van der Waals surface area contributed by atoms with Crippen LogP contribution in [0, 0.1) is 0 Å². The molecule has 0 N–H and O–H groups in total. The molecule has 0 radical (unpaired) electrons. The van der Waals surface area contributed by atoms with Gasteiger partial charge in [0.1, 0.15) is 0 Å². The van der Waals surface area contributed by atoms with E-state index >= 15 is 0 Å². The van der Waals surface area contributed by atoms with Crippen LogP contribution in [-0.2, 0) is 6.54 Å². The molecule has 2 aromatic rings. The predicted molar refractivity (Wildman–Crippen MR) is 97.3 cm³/mol. The summed E-state index contributed by atoms with van der Waals surface area (Å²) in [6.45, 7) is 4.81. The molecule has 1 aliphatic rings. The van der Waals surface area contributed by atoms with Crippen molar-refractivity contribution in [3.63, 3.8) is 0 Å². The van der Waals surface area contributed by atoms with Crippen molar-refractivity contribution in [3.8, 4) is 0 Å². The largest absolute Gasteiger partial charge is 0.295 e. The molecule has 0 aromatic heterocycles. The maximum Gasteiger partial charge on any atom is 0.0557 e. The van der Waals surface area contributed by atoms with Crippen LogP contribution in [-0.4, -0.2) is 42.3 Å². The Morgan fingerprint density at radius 3 is 2.30 bits per heavy atom. The van der Waals surface area contributed by atoms with Gasteiger partial charge in [0.25, 0.3) is 0 Å². The zero-order valence-corrected chi connectivity index (χ0v) is 14.3. The summed E-state index contributed by atoms with van der Waals surface area (Å²) >= 11 is 12.1. The highest BCUT2D eigenvalue weighted by atomic mass is 35.5. The summed E-state index contributed by atoms with van der Waals surface area (Å²) in [7, 11) is 0. The number of hydrogen-bond acceptors (Lipinski definition) is 3. The van der Waals surface area contributed by atoms with Gasteiger partial charge in [-0.3, -0.25) is 9.91 Å². The molecule has 3 rings (SSSR count).